The highest BCUT2D eigenvalue weighted by atomic mass is 79.9. The zero-order chi connectivity index (χ0) is 13.2. The molecule has 0 saturated carbocycles. The third-order valence-corrected chi connectivity index (χ3v) is 3.88. The Labute approximate surface area is 122 Å². The summed E-state index contributed by atoms with van der Waals surface area (Å²) in [7, 11) is 0. The van der Waals surface area contributed by atoms with Crippen molar-refractivity contribution in [3.05, 3.63) is 50.9 Å². The highest BCUT2D eigenvalue weighted by Gasteiger charge is 2.10. The van der Waals surface area contributed by atoms with Crippen LogP contribution in [0.1, 0.15) is 10.7 Å². The summed E-state index contributed by atoms with van der Waals surface area (Å²) in [5.74, 6) is 1.16. The molecule has 0 unspecified atom stereocenters. The van der Waals surface area contributed by atoms with Crippen molar-refractivity contribution in [2.24, 2.45) is 0 Å². The molecular formula is C13H10BrN3OS. The largest absolute Gasteiger partial charge is 0.399 e. The number of hydrogen-bond donors (Lipinski definition) is 1. The first-order valence-corrected chi connectivity index (χ1v) is 7.29. The van der Waals surface area contributed by atoms with Crippen LogP contribution < -0.4 is 5.73 Å². The predicted molar refractivity (Wildman–Crippen MR) is 79.0 cm³/mol. The molecule has 0 aliphatic carbocycles. The van der Waals surface area contributed by atoms with E-state index in [0.29, 0.717) is 23.8 Å². The van der Waals surface area contributed by atoms with E-state index in [0.717, 1.165) is 10.0 Å². The van der Waals surface area contributed by atoms with E-state index in [1.807, 2.05) is 29.6 Å². The van der Waals surface area contributed by atoms with Gasteiger partial charge in [0.05, 0.1) is 0 Å². The lowest BCUT2D eigenvalue weighted by Crippen LogP contribution is -1.89. The molecule has 0 saturated heterocycles. The van der Waals surface area contributed by atoms with Crippen molar-refractivity contribution in [3.8, 4) is 11.5 Å². The molecule has 0 amide bonds. The Bertz CT molecular complexity index is 673. The van der Waals surface area contributed by atoms with E-state index < -0.39 is 0 Å². The van der Waals surface area contributed by atoms with E-state index in [1.165, 1.54) is 4.88 Å². The Morgan fingerprint density at radius 1 is 1.32 bits per heavy atom. The monoisotopic (exact) mass is 335 g/mol. The van der Waals surface area contributed by atoms with Crippen LogP contribution in [0.4, 0.5) is 5.69 Å². The summed E-state index contributed by atoms with van der Waals surface area (Å²) in [4.78, 5) is 5.60. The molecule has 4 nitrogen and oxygen atoms in total. The molecular weight excluding hydrogens is 326 g/mol. The number of benzene rings is 1. The number of halogens is 1. The van der Waals surface area contributed by atoms with Gasteiger partial charge in [-0.1, -0.05) is 27.2 Å². The van der Waals surface area contributed by atoms with Crippen LogP contribution in [0, 0.1) is 0 Å². The zero-order valence-corrected chi connectivity index (χ0v) is 12.2. The normalized spacial score (nSPS) is 10.8. The van der Waals surface area contributed by atoms with Gasteiger partial charge in [0.25, 0.3) is 5.89 Å². The van der Waals surface area contributed by atoms with Crippen molar-refractivity contribution < 1.29 is 4.52 Å². The van der Waals surface area contributed by atoms with E-state index in [1.54, 1.807) is 11.3 Å². The molecule has 19 heavy (non-hydrogen) atoms. The first-order valence-electron chi connectivity index (χ1n) is 5.62. The third kappa shape index (κ3) is 2.85. The minimum Gasteiger partial charge on any atom is -0.399 e. The number of rotatable bonds is 3. The van der Waals surface area contributed by atoms with Crippen LogP contribution in [0.3, 0.4) is 0 Å². The molecule has 0 fully saturated rings. The number of nitrogens with zero attached hydrogens (tertiary/aromatic N) is 2. The van der Waals surface area contributed by atoms with Gasteiger partial charge in [-0.25, -0.2) is 0 Å². The molecule has 0 spiro atoms. The van der Waals surface area contributed by atoms with Gasteiger partial charge in [0.15, 0.2) is 5.82 Å². The molecule has 2 heterocycles. The van der Waals surface area contributed by atoms with Crippen LogP contribution >= 0.6 is 27.3 Å². The summed E-state index contributed by atoms with van der Waals surface area (Å²) >= 11 is 5.08. The summed E-state index contributed by atoms with van der Waals surface area (Å²) in [6.45, 7) is 0. The van der Waals surface area contributed by atoms with Gasteiger partial charge >= 0.3 is 0 Å². The number of nitrogens with two attached hydrogens (primary N) is 1. The van der Waals surface area contributed by atoms with E-state index >= 15 is 0 Å². The van der Waals surface area contributed by atoms with Gasteiger partial charge < -0.3 is 10.3 Å². The summed E-state index contributed by atoms with van der Waals surface area (Å²) in [6, 6.07) is 9.60. The maximum Gasteiger partial charge on any atom is 0.258 e. The topological polar surface area (TPSA) is 64.9 Å². The zero-order valence-electron chi connectivity index (χ0n) is 9.84. The quantitative estimate of drug-likeness (QED) is 0.740. The van der Waals surface area contributed by atoms with Gasteiger partial charge in [-0.2, -0.15) is 4.98 Å². The summed E-state index contributed by atoms with van der Waals surface area (Å²) in [5, 5.41) is 6.02. The van der Waals surface area contributed by atoms with Gasteiger partial charge in [0, 0.05) is 27.0 Å². The molecule has 3 rings (SSSR count). The first kappa shape index (κ1) is 12.4. The lowest BCUT2D eigenvalue weighted by molar-refractivity contribution is 0.424. The van der Waals surface area contributed by atoms with Crippen LogP contribution in [0.2, 0.25) is 0 Å². The Kier molecular flexibility index (Phi) is 3.35. The average Bonchev–Trinajstić information content (AvgIpc) is 2.99. The molecule has 3 aromatic rings. The van der Waals surface area contributed by atoms with Gasteiger partial charge in [-0.05, 0) is 29.6 Å². The molecule has 0 bridgehead atoms. The fourth-order valence-corrected chi connectivity index (χ4v) is 2.96. The number of hydrogen-bond acceptors (Lipinski definition) is 5. The van der Waals surface area contributed by atoms with Crippen molar-refractivity contribution >= 4 is 33.0 Å². The van der Waals surface area contributed by atoms with E-state index in [4.69, 9.17) is 10.3 Å². The van der Waals surface area contributed by atoms with Crippen LogP contribution in [-0.4, -0.2) is 10.1 Å². The SMILES string of the molecule is Nc1cc(Br)cc(-c2nc(Cc3cccs3)no2)c1. The van der Waals surface area contributed by atoms with E-state index in [2.05, 4.69) is 32.1 Å². The first-order chi connectivity index (χ1) is 9.20. The van der Waals surface area contributed by atoms with Gasteiger partial charge in [0.1, 0.15) is 0 Å². The van der Waals surface area contributed by atoms with Crippen molar-refractivity contribution in [2.45, 2.75) is 6.42 Å². The lowest BCUT2D eigenvalue weighted by atomic mass is 10.2. The molecule has 6 heteroatoms. The van der Waals surface area contributed by atoms with Crippen LogP contribution in [0.15, 0.2) is 44.7 Å². The molecule has 96 valence electrons. The van der Waals surface area contributed by atoms with Crippen molar-refractivity contribution in [3.63, 3.8) is 0 Å². The number of nitrogen functional groups attached to an aromatic ring is 1. The minimum absolute atomic E-state index is 0.486. The second kappa shape index (κ2) is 5.14. The Morgan fingerprint density at radius 2 is 2.21 bits per heavy atom. The third-order valence-electron chi connectivity index (χ3n) is 2.55. The second-order valence-electron chi connectivity index (χ2n) is 4.05. The summed E-state index contributed by atoms with van der Waals surface area (Å²) in [5.41, 5.74) is 7.27. The fraction of sp³-hybridized carbons (Fsp3) is 0.0769. The maximum absolute atomic E-state index is 5.80. The molecule has 2 N–H and O–H groups in total. The van der Waals surface area contributed by atoms with E-state index in [-0.39, 0.29) is 0 Å². The number of thiophene rings is 1. The average molecular weight is 336 g/mol. The van der Waals surface area contributed by atoms with Gasteiger partial charge in [-0.15, -0.1) is 11.3 Å². The van der Waals surface area contributed by atoms with E-state index in [9.17, 15) is 0 Å². The number of aromatic nitrogens is 2. The minimum atomic E-state index is 0.486. The maximum atomic E-state index is 5.80. The molecule has 0 aliphatic rings. The van der Waals surface area contributed by atoms with Crippen LogP contribution in [-0.2, 0) is 6.42 Å². The second-order valence-corrected chi connectivity index (χ2v) is 5.99. The molecule has 0 aliphatic heterocycles. The van der Waals surface area contributed by atoms with Crippen LogP contribution in [0.25, 0.3) is 11.5 Å². The van der Waals surface area contributed by atoms with Gasteiger partial charge in [-0.3, -0.25) is 0 Å². The molecule has 0 radical (unpaired) electrons. The highest BCUT2D eigenvalue weighted by Crippen LogP contribution is 2.25. The van der Waals surface area contributed by atoms with Crippen molar-refractivity contribution in [2.75, 3.05) is 5.73 Å². The Morgan fingerprint density at radius 3 is 2.95 bits per heavy atom. The smallest absolute Gasteiger partial charge is 0.258 e. The summed E-state index contributed by atoms with van der Waals surface area (Å²) < 4.78 is 6.17. The predicted octanol–water partition coefficient (Wildman–Crippen LogP) is 3.73. The summed E-state index contributed by atoms with van der Waals surface area (Å²) in [6.07, 6.45) is 0.685. The molecule has 0 atom stereocenters. The Hall–Kier alpha value is -1.66. The molecule has 2 aromatic heterocycles. The fourth-order valence-electron chi connectivity index (χ4n) is 1.75. The number of anilines is 1. The standard InChI is InChI=1S/C13H10BrN3OS/c14-9-4-8(5-10(15)6-9)13-16-12(17-18-13)7-11-2-1-3-19-11/h1-6H,7,15H2. The van der Waals surface area contributed by atoms with Crippen molar-refractivity contribution in [1.82, 2.24) is 10.1 Å². The van der Waals surface area contributed by atoms with Crippen LogP contribution in [0.5, 0.6) is 0 Å². The highest BCUT2D eigenvalue weighted by molar-refractivity contribution is 9.10. The Balaban J connectivity index is 1.88. The molecule has 1 aromatic carbocycles. The van der Waals surface area contributed by atoms with Gasteiger partial charge in [0.2, 0.25) is 0 Å². The van der Waals surface area contributed by atoms with Crippen molar-refractivity contribution in [1.29, 1.82) is 0 Å². The lowest BCUT2D eigenvalue weighted by Gasteiger charge is -1.98.